The molecule has 134 valence electrons. The van der Waals surface area contributed by atoms with Gasteiger partial charge in [-0.3, -0.25) is 9.69 Å². The number of nitrogens with zero attached hydrogens (tertiary/aromatic N) is 1. The molecule has 2 aromatic carbocycles. The molecule has 0 aliphatic carbocycles. The zero-order chi connectivity index (χ0) is 18.3. The average molecular weight is 365 g/mol. The van der Waals surface area contributed by atoms with Gasteiger partial charge in [0.05, 0.1) is 6.04 Å². The molecular formula is C22H23NO2S. The Bertz CT molecular complexity index is 929. The maximum atomic E-state index is 11.9. The molecule has 4 rings (SSSR count). The van der Waals surface area contributed by atoms with Gasteiger partial charge in [0.25, 0.3) is 0 Å². The number of likely N-dealkylation sites (tertiary alicyclic amines) is 1. The van der Waals surface area contributed by atoms with Crippen molar-refractivity contribution in [3.05, 3.63) is 70.1 Å². The fourth-order valence-electron chi connectivity index (χ4n) is 4.13. The van der Waals surface area contributed by atoms with E-state index >= 15 is 0 Å². The van der Waals surface area contributed by atoms with E-state index in [-0.39, 0.29) is 6.04 Å². The minimum atomic E-state index is -0.710. The van der Waals surface area contributed by atoms with Crippen LogP contribution in [0.2, 0.25) is 0 Å². The molecule has 1 aliphatic rings. The molecule has 2 atom stereocenters. The van der Waals surface area contributed by atoms with E-state index in [0.29, 0.717) is 0 Å². The molecule has 2 unspecified atom stereocenters. The molecule has 1 aromatic heterocycles. The first kappa shape index (κ1) is 17.3. The van der Waals surface area contributed by atoms with Crippen molar-refractivity contribution < 1.29 is 9.90 Å². The topological polar surface area (TPSA) is 40.5 Å². The number of carbonyl (C=O) groups is 1. The van der Waals surface area contributed by atoms with Crippen molar-refractivity contribution in [3.8, 4) is 0 Å². The fraction of sp³-hybridized carbons (Fsp3) is 0.318. The molecule has 0 spiro atoms. The Balaban J connectivity index is 1.87. The summed E-state index contributed by atoms with van der Waals surface area (Å²) in [5.41, 5.74) is 3.68. The van der Waals surface area contributed by atoms with Crippen LogP contribution in [0.3, 0.4) is 0 Å². The largest absolute Gasteiger partial charge is 0.480 e. The molecule has 26 heavy (non-hydrogen) atoms. The van der Waals surface area contributed by atoms with Crippen LogP contribution in [0.5, 0.6) is 0 Å². The van der Waals surface area contributed by atoms with Crippen LogP contribution in [0.1, 0.15) is 40.5 Å². The highest BCUT2D eigenvalue weighted by atomic mass is 32.1. The number of carboxylic acids is 1. The molecule has 1 fully saturated rings. The van der Waals surface area contributed by atoms with Crippen molar-refractivity contribution >= 4 is 27.4 Å². The van der Waals surface area contributed by atoms with E-state index in [4.69, 9.17) is 0 Å². The molecular weight excluding hydrogens is 342 g/mol. The van der Waals surface area contributed by atoms with Gasteiger partial charge in [0.15, 0.2) is 0 Å². The van der Waals surface area contributed by atoms with Gasteiger partial charge in [-0.25, -0.2) is 0 Å². The summed E-state index contributed by atoms with van der Waals surface area (Å²) >= 11 is 1.78. The third-order valence-electron chi connectivity index (χ3n) is 5.34. The van der Waals surface area contributed by atoms with Crippen LogP contribution >= 0.6 is 11.3 Å². The van der Waals surface area contributed by atoms with Crippen molar-refractivity contribution in [1.82, 2.24) is 4.90 Å². The van der Waals surface area contributed by atoms with Crippen molar-refractivity contribution in [3.63, 3.8) is 0 Å². The highest BCUT2D eigenvalue weighted by molar-refractivity contribution is 7.19. The van der Waals surface area contributed by atoms with Gasteiger partial charge < -0.3 is 5.11 Å². The SMILES string of the molecule is Cc1ccc(C(c2cc3ccccc3s2)N2CCCC2C(=O)O)c(C)c1. The van der Waals surface area contributed by atoms with Crippen molar-refractivity contribution in [1.29, 1.82) is 0 Å². The molecule has 3 nitrogen and oxygen atoms in total. The highest BCUT2D eigenvalue weighted by Gasteiger charge is 2.38. The average Bonchev–Trinajstić information content (AvgIpc) is 3.24. The van der Waals surface area contributed by atoms with E-state index in [1.165, 1.54) is 31.7 Å². The van der Waals surface area contributed by atoms with Crippen LogP contribution in [0.25, 0.3) is 10.1 Å². The number of aryl methyl sites for hydroxylation is 2. The summed E-state index contributed by atoms with van der Waals surface area (Å²) in [4.78, 5) is 15.3. The lowest BCUT2D eigenvalue weighted by molar-refractivity contribution is -0.142. The van der Waals surface area contributed by atoms with Crippen molar-refractivity contribution in [2.24, 2.45) is 0 Å². The van der Waals surface area contributed by atoms with Gasteiger partial charge in [0.2, 0.25) is 0 Å². The number of fused-ring (bicyclic) bond motifs is 1. The Kier molecular flexibility index (Phi) is 4.55. The van der Waals surface area contributed by atoms with E-state index in [2.05, 4.69) is 67.3 Å². The second-order valence-electron chi connectivity index (χ2n) is 7.18. The number of benzene rings is 2. The molecule has 0 bridgehead atoms. The number of rotatable bonds is 4. The number of thiophene rings is 1. The van der Waals surface area contributed by atoms with Crippen LogP contribution in [0.15, 0.2) is 48.5 Å². The number of hydrogen-bond donors (Lipinski definition) is 1. The first-order valence-electron chi connectivity index (χ1n) is 9.09. The summed E-state index contributed by atoms with van der Waals surface area (Å²) < 4.78 is 1.25. The molecule has 1 N–H and O–H groups in total. The zero-order valence-electron chi connectivity index (χ0n) is 15.1. The van der Waals surface area contributed by atoms with Crippen LogP contribution < -0.4 is 0 Å². The lowest BCUT2D eigenvalue weighted by atomic mass is 9.96. The minimum Gasteiger partial charge on any atom is -0.480 e. The van der Waals surface area contributed by atoms with Crippen LogP contribution in [0.4, 0.5) is 0 Å². The van der Waals surface area contributed by atoms with E-state index in [1.54, 1.807) is 11.3 Å². The maximum absolute atomic E-state index is 11.9. The smallest absolute Gasteiger partial charge is 0.320 e. The first-order chi connectivity index (χ1) is 12.5. The number of aliphatic carboxylic acids is 1. The van der Waals surface area contributed by atoms with E-state index in [0.717, 1.165) is 19.4 Å². The predicted molar refractivity (Wildman–Crippen MR) is 107 cm³/mol. The molecule has 3 aromatic rings. The first-order valence-corrected chi connectivity index (χ1v) is 9.90. The van der Waals surface area contributed by atoms with Gasteiger partial charge in [0.1, 0.15) is 6.04 Å². The van der Waals surface area contributed by atoms with E-state index in [1.807, 2.05) is 0 Å². The third kappa shape index (κ3) is 3.04. The summed E-state index contributed by atoms with van der Waals surface area (Å²) in [6, 6.07) is 16.7. The Hall–Kier alpha value is -2.17. The summed E-state index contributed by atoms with van der Waals surface area (Å²) in [6.45, 7) is 5.05. The zero-order valence-corrected chi connectivity index (χ0v) is 15.9. The van der Waals surface area contributed by atoms with Crippen molar-refractivity contribution in [2.75, 3.05) is 6.54 Å². The number of hydrogen-bond acceptors (Lipinski definition) is 3. The molecule has 4 heteroatoms. The van der Waals surface area contributed by atoms with Gasteiger partial charge in [-0.05, 0) is 55.3 Å². The second-order valence-corrected chi connectivity index (χ2v) is 8.30. The molecule has 1 saturated heterocycles. The highest BCUT2D eigenvalue weighted by Crippen LogP contribution is 2.41. The summed E-state index contributed by atoms with van der Waals surface area (Å²) in [5, 5.41) is 11.0. The van der Waals surface area contributed by atoms with Gasteiger partial charge in [0, 0.05) is 16.1 Å². The van der Waals surface area contributed by atoms with Crippen LogP contribution in [-0.4, -0.2) is 28.6 Å². The van der Waals surface area contributed by atoms with Gasteiger partial charge in [-0.1, -0.05) is 42.0 Å². The quantitative estimate of drug-likeness (QED) is 0.694. The molecule has 1 aliphatic heterocycles. The summed E-state index contributed by atoms with van der Waals surface area (Å²) in [7, 11) is 0. The Morgan fingerprint density at radius 1 is 1.19 bits per heavy atom. The van der Waals surface area contributed by atoms with Gasteiger partial charge in [-0.2, -0.15) is 0 Å². The second kappa shape index (κ2) is 6.86. The van der Waals surface area contributed by atoms with E-state index in [9.17, 15) is 9.90 Å². The Morgan fingerprint density at radius 3 is 2.73 bits per heavy atom. The Morgan fingerprint density at radius 2 is 2.00 bits per heavy atom. The van der Waals surface area contributed by atoms with E-state index < -0.39 is 12.0 Å². The predicted octanol–water partition coefficient (Wildman–Crippen LogP) is 5.16. The molecule has 0 saturated carbocycles. The Labute approximate surface area is 157 Å². The molecule has 0 amide bonds. The lowest BCUT2D eigenvalue weighted by Crippen LogP contribution is -2.39. The summed E-state index contributed by atoms with van der Waals surface area (Å²) in [6.07, 6.45) is 1.66. The normalized spacial score (nSPS) is 19.1. The number of carboxylic acid groups (broad SMARTS) is 1. The monoisotopic (exact) mass is 365 g/mol. The van der Waals surface area contributed by atoms with Gasteiger partial charge in [-0.15, -0.1) is 11.3 Å². The fourth-order valence-corrected chi connectivity index (χ4v) is 5.33. The van der Waals surface area contributed by atoms with Crippen molar-refractivity contribution in [2.45, 2.75) is 38.8 Å². The van der Waals surface area contributed by atoms with Crippen LogP contribution in [0, 0.1) is 13.8 Å². The molecule has 0 radical (unpaired) electrons. The third-order valence-corrected chi connectivity index (χ3v) is 6.51. The standard InChI is InChI=1S/C22H23NO2S/c1-14-9-10-17(15(2)12-14)21(23-11-5-7-18(23)22(24)25)20-13-16-6-3-4-8-19(16)26-20/h3-4,6,8-10,12-13,18,21H,5,7,11H2,1-2H3,(H,24,25). The maximum Gasteiger partial charge on any atom is 0.320 e. The van der Waals surface area contributed by atoms with Crippen LogP contribution in [-0.2, 0) is 4.79 Å². The lowest BCUT2D eigenvalue weighted by Gasteiger charge is -2.32. The van der Waals surface area contributed by atoms with Gasteiger partial charge >= 0.3 is 5.97 Å². The summed E-state index contributed by atoms with van der Waals surface area (Å²) in [5.74, 6) is -0.710. The minimum absolute atomic E-state index is 0.00315. The molecule has 2 heterocycles.